The molecule has 0 saturated carbocycles. The third kappa shape index (κ3) is 3.50. The van der Waals surface area contributed by atoms with Gasteiger partial charge >= 0.3 is 5.97 Å². The highest BCUT2D eigenvalue weighted by atomic mass is 19.1. The zero-order valence-electron chi connectivity index (χ0n) is 9.50. The average molecular weight is 222 g/mol. The summed E-state index contributed by atoms with van der Waals surface area (Å²) in [4.78, 5) is 11.3. The number of halogens is 1. The van der Waals surface area contributed by atoms with Crippen molar-refractivity contribution in [1.82, 2.24) is 0 Å². The van der Waals surface area contributed by atoms with Crippen LogP contribution >= 0.6 is 0 Å². The number of esters is 1. The summed E-state index contributed by atoms with van der Waals surface area (Å²) in [5, 5.41) is 0. The molecule has 1 rings (SSSR count). The Hall–Kier alpha value is -1.64. The molecule has 1 aromatic carbocycles. The van der Waals surface area contributed by atoms with Crippen molar-refractivity contribution in [2.24, 2.45) is 0 Å². The van der Waals surface area contributed by atoms with Crippen LogP contribution in [0.4, 0.5) is 4.39 Å². The first-order valence-electron chi connectivity index (χ1n) is 5.30. The molecule has 16 heavy (non-hydrogen) atoms. The molecule has 0 amide bonds. The van der Waals surface area contributed by atoms with Gasteiger partial charge in [-0.25, -0.2) is 9.18 Å². The smallest absolute Gasteiger partial charge is 0.331 e. The molecule has 3 heteroatoms. The zero-order valence-corrected chi connectivity index (χ0v) is 9.50. The molecular formula is C13H15FO2. The van der Waals surface area contributed by atoms with Crippen LogP contribution in [0, 0.1) is 5.82 Å². The molecule has 0 radical (unpaired) electrons. The van der Waals surface area contributed by atoms with E-state index >= 15 is 0 Å². The zero-order chi connectivity index (χ0) is 12.0. The Bertz CT molecular complexity index is 379. The van der Waals surface area contributed by atoms with E-state index in [-0.39, 0.29) is 11.8 Å². The molecule has 0 N–H and O–H groups in total. The quantitative estimate of drug-likeness (QED) is 0.577. The number of allylic oxidation sites excluding steroid dienone is 1. The van der Waals surface area contributed by atoms with E-state index in [2.05, 4.69) is 0 Å². The molecule has 0 saturated heterocycles. The van der Waals surface area contributed by atoms with E-state index in [9.17, 15) is 9.18 Å². The fourth-order valence-electron chi connectivity index (χ4n) is 1.38. The fourth-order valence-corrected chi connectivity index (χ4v) is 1.38. The van der Waals surface area contributed by atoms with Crippen LogP contribution in [0.15, 0.2) is 30.3 Å². The lowest BCUT2D eigenvalue weighted by Crippen LogP contribution is -2.00. The summed E-state index contributed by atoms with van der Waals surface area (Å²) >= 11 is 0. The summed E-state index contributed by atoms with van der Waals surface area (Å²) in [5.74, 6) is -0.640. The Morgan fingerprint density at radius 3 is 2.44 bits per heavy atom. The van der Waals surface area contributed by atoms with E-state index < -0.39 is 0 Å². The van der Waals surface area contributed by atoms with Crippen LogP contribution < -0.4 is 0 Å². The maximum absolute atomic E-state index is 12.7. The molecule has 0 heterocycles. The van der Waals surface area contributed by atoms with Crippen LogP contribution in [0.1, 0.15) is 25.8 Å². The molecule has 0 spiro atoms. The van der Waals surface area contributed by atoms with Crippen molar-refractivity contribution in [3.63, 3.8) is 0 Å². The number of hydrogen-bond acceptors (Lipinski definition) is 2. The van der Waals surface area contributed by atoms with Gasteiger partial charge < -0.3 is 4.74 Å². The summed E-state index contributed by atoms with van der Waals surface area (Å²) < 4.78 is 17.6. The first kappa shape index (κ1) is 12.4. The van der Waals surface area contributed by atoms with Crippen molar-refractivity contribution in [3.8, 4) is 0 Å². The second-order valence-electron chi connectivity index (χ2n) is 3.28. The molecule has 2 nitrogen and oxygen atoms in total. The highest BCUT2D eigenvalue weighted by Crippen LogP contribution is 2.18. The van der Waals surface area contributed by atoms with Crippen LogP contribution in [-0.4, -0.2) is 12.6 Å². The molecule has 0 fully saturated rings. The molecule has 86 valence electrons. The lowest BCUT2D eigenvalue weighted by molar-refractivity contribution is -0.137. The summed E-state index contributed by atoms with van der Waals surface area (Å²) in [7, 11) is 0. The average Bonchev–Trinajstić information content (AvgIpc) is 2.27. The number of rotatable bonds is 4. The summed E-state index contributed by atoms with van der Waals surface area (Å²) in [5.41, 5.74) is 1.69. The highest BCUT2D eigenvalue weighted by molar-refractivity contribution is 5.91. The van der Waals surface area contributed by atoms with Gasteiger partial charge in [0.15, 0.2) is 0 Å². The molecule has 0 bridgehead atoms. The van der Waals surface area contributed by atoms with Gasteiger partial charge in [0.25, 0.3) is 0 Å². The standard InChI is InChI=1S/C13H15FO2/c1-3-10(9-13(15)16-4-2)11-5-7-12(14)8-6-11/h5-9H,3-4H2,1-2H3/b10-9-. The van der Waals surface area contributed by atoms with Crippen molar-refractivity contribution in [2.75, 3.05) is 6.61 Å². The summed E-state index contributed by atoms with van der Waals surface area (Å²) in [6.07, 6.45) is 2.15. The van der Waals surface area contributed by atoms with Crippen molar-refractivity contribution in [2.45, 2.75) is 20.3 Å². The Morgan fingerprint density at radius 2 is 1.94 bits per heavy atom. The minimum absolute atomic E-state index is 0.282. The van der Waals surface area contributed by atoms with Crippen LogP contribution in [0.3, 0.4) is 0 Å². The van der Waals surface area contributed by atoms with Gasteiger partial charge in [-0.3, -0.25) is 0 Å². The van der Waals surface area contributed by atoms with Gasteiger partial charge in [-0.15, -0.1) is 0 Å². The Morgan fingerprint density at radius 1 is 1.31 bits per heavy atom. The molecule has 0 aliphatic rings. The van der Waals surface area contributed by atoms with Gasteiger partial charge in [-0.1, -0.05) is 19.1 Å². The normalized spacial score (nSPS) is 11.3. The van der Waals surface area contributed by atoms with Crippen LogP contribution in [-0.2, 0) is 9.53 Å². The lowest BCUT2D eigenvalue weighted by Gasteiger charge is -2.04. The monoisotopic (exact) mass is 222 g/mol. The van der Waals surface area contributed by atoms with Crippen LogP contribution in [0.25, 0.3) is 5.57 Å². The van der Waals surface area contributed by atoms with Gasteiger partial charge in [-0.2, -0.15) is 0 Å². The van der Waals surface area contributed by atoms with Gasteiger partial charge in [0.2, 0.25) is 0 Å². The van der Waals surface area contributed by atoms with Crippen molar-refractivity contribution in [1.29, 1.82) is 0 Å². The molecular weight excluding hydrogens is 207 g/mol. The maximum Gasteiger partial charge on any atom is 0.331 e. The van der Waals surface area contributed by atoms with Crippen molar-refractivity contribution >= 4 is 11.5 Å². The summed E-state index contributed by atoms with van der Waals surface area (Å²) in [6.45, 7) is 4.05. The predicted molar refractivity (Wildman–Crippen MR) is 61.3 cm³/mol. The fraction of sp³-hybridized carbons (Fsp3) is 0.308. The van der Waals surface area contributed by atoms with Crippen molar-refractivity contribution < 1.29 is 13.9 Å². The largest absolute Gasteiger partial charge is 0.463 e. The van der Waals surface area contributed by atoms with E-state index in [4.69, 9.17) is 4.74 Å². The van der Waals surface area contributed by atoms with Gasteiger partial charge in [0, 0.05) is 6.08 Å². The minimum Gasteiger partial charge on any atom is -0.463 e. The second kappa shape index (κ2) is 6.05. The van der Waals surface area contributed by atoms with Crippen LogP contribution in [0.2, 0.25) is 0 Å². The topological polar surface area (TPSA) is 26.3 Å². The van der Waals surface area contributed by atoms with E-state index in [0.717, 1.165) is 11.1 Å². The highest BCUT2D eigenvalue weighted by Gasteiger charge is 2.03. The maximum atomic E-state index is 12.7. The Balaban J connectivity index is 2.89. The number of carbonyl (C=O) groups is 1. The Kier molecular flexibility index (Phi) is 4.70. The van der Waals surface area contributed by atoms with Crippen LogP contribution in [0.5, 0.6) is 0 Å². The summed E-state index contributed by atoms with van der Waals surface area (Å²) in [6, 6.07) is 6.07. The van der Waals surface area contributed by atoms with E-state index in [1.165, 1.54) is 18.2 Å². The third-order valence-corrected chi connectivity index (χ3v) is 2.17. The number of ether oxygens (including phenoxy) is 1. The van der Waals surface area contributed by atoms with E-state index in [1.807, 2.05) is 6.92 Å². The number of benzene rings is 1. The Labute approximate surface area is 94.7 Å². The first-order chi connectivity index (χ1) is 7.67. The minimum atomic E-state index is -0.358. The molecule has 1 aromatic rings. The van der Waals surface area contributed by atoms with E-state index in [1.54, 1.807) is 19.1 Å². The lowest BCUT2D eigenvalue weighted by atomic mass is 10.0. The number of hydrogen-bond donors (Lipinski definition) is 0. The molecule has 0 atom stereocenters. The first-order valence-corrected chi connectivity index (χ1v) is 5.30. The predicted octanol–water partition coefficient (Wildman–Crippen LogP) is 3.18. The molecule has 0 unspecified atom stereocenters. The van der Waals surface area contributed by atoms with E-state index in [0.29, 0.717) is 13.0 Å². The van der Waals surface area contributed by atoms with Gasteiger partial charge in [0.05, 0.1) is 6.61 Å². The molecule has 0 aromatic heterocycles. The van der Waals surface area contributed by atoms with Gasteiger partial charge in [-0.05, 0) is 36.6 Å². The second-order valence-corrected chi connectivity index (χ2v) is 3.28. The van der Waals surface area contributed by atoms with Crippen molar-refractivity contribution in [3.05, 3.63) is 41.7 Å². The van der Waals surface area contributed by atoms with Gasteiger partial charge in [0.1, 0.15) is 5.82 Å². The molecule has 0 aliphatic carbocycles. The molecule has 0 aliphatic heterocycles. The third-order valence-electron chi connectivity index (χ3n) is 2.17. The SMILES string of the molecule is CCOC(=O)/C=C(/CC)c1ccc(F)cc1. The number of carbonyl (C=O) groups excluding carboxylic acids is 1.